The Bertz CT molecular complexity index is 1970. The van der Waals surface area contributed by atoms with Gasteiger partial charge in [0.1, 0.15) is 33.7 Å². The minimum atomic E-state index is -0.855. The minimum Gasteiger partial charge on any atom is -0.465 e. The van der Waals surface area contributed by atoms with Crippen molar-refractivity contribution in [2.45, 2.75) is 91.0 Å². The van der Waals surface area contributed by atoms with Crippen LogP contribution in [0.4, 0.5) is 0 Å². The first-order chi connectivity index (χ1) is 22.5. The highest BCUT2D eigenvalue weighted by Gasteiger charge is 2.37. The Kier molecular flexibility index (Phi) is 8.69. The van der Waals surface area contributed by atoms with Crippen molar-refractivity contribution in [1.82, 2.24) is 60.0 Å². The van der Waals surface area contributed by atoms with E-state index in [-0.39, 0.29) is 5.92 Å². The van der Waals surface area contributed by atoms with Gasteiger partial charge < -0.3 is 4.74 Å². The number of carbonyl (C=O) groups is 1. The van der Waals surface area contributed by atoms with E-state index in [2.05, 4.69) is 51.3 Å². The van der Waals surface area contributed by atoms with Crippen LogP contribution in [0.15, 0.2) is 54.2 Å². The van der Waals surface area contributed by atoms with Crippen LogP contribution in [0.25, 0.3) is 10.4 Å². The molecule has 17 heteroatoms. The fourth-order valence-electron chi connectivity index (χ4n) is 5.11. The van der Waals surface area contributed by atoms with Crippen molar-refractivity contribution in [2.75, 3.05) is 7.11 Å². The molecule has 0 N–H and O–H groups in total. The summed E-state index contributed by atoms with van der Waals surface area (Å²) in [5.41, 5.74) is 9.95. The Morgan fingerprint density at radius 1 is 0.771 bits per heavy atom. The summed E-state index contributed by atoms with van der Waals surface area (Å²) in [5.74, 6) is -0.403. The van der Waals surface area contributed by atoms with E-state index in [1.165, 1.54) is 7.11 Å². The van der Waals surface area contributed by atoms with Crippen molar-refractivity contribution >= 4 is 5.97 Å². The molecule has 0 aliphatic heterocycles. The second kappa shape index (κ2) is 12.3. The monoisotopic (exact) mass is 655 g/mol. The lowest BCUT2D eigenvalue weighted by Gasteiger charge is -2.26. The highest BCUT2D eigenvalue weighted by molar-refractivity contribution is 5.90. The lowest BCUT2D eigenvalue weighted by atomic mass is 9.86. The zero-order valence-electron chi connectivity index (χ0n) is 28.9. The number of nitrogens with zero attached hydrogens (tertiary/aromatic N) is 15. The molecule has 0 aliphatic carbocycles. The highest BCUT2D eigenvalue weighted by atomic mass is 16.5. The second-order valence-corrected chi connectivity index (χ2v) is 13.8. The van der Waals surface area contributed by atoms with Crippen molar-refractivity contribution < 1.29 is 9.53 Å². The van der Waals surface area contributed by atoms with Crippen LogP contribution < -0.4 is 0 Å². The topological polar surface area (TPSA) is 198 Å². The van der Waals surface area contributed by atoms with E-state index in [4.69, 9.17) is 10.3 Å². The van der Waals surface area contributed by atoms with Gasteiger partial charge in [0, 0.05) is 4.91 Å². The maximum Gasteiger partial charge on any atom is 0.338 e. The predicted octanol–water partition coefficient (Wildman–Crippen LogP) is 4.42. The molecule has 0 radical (unpaired) electrons. The average Bonchev–Trinajstić information content (AvgIpc) is 3.87. The number of esters is 1. The van der Waals surface area contributed by atoms with Gasteiger partial charge in [-0.2, -0.15) is 0 Å². The quantitative estimate of drug-likeness (QED) is 0.0802. The Morgan fingerprint density at radius 3 is 1.73 bits per heavy atom. The maximum atomic E-state index is 12.2. The Labute approximate surface area is 277 Å². The van der Waals surface area contributed by atoms with Crippen LogP contribution in [0, 0.1) is 5.92 Å². The van der Waals surface area contributed by atoms with E-state index < -0.39 is 28.1 Å². The summed E-state index contributed by atoms with van der Waals surface area (Å²) in [6.45, 7) is 18.0. The van der Waals surface area contributed by atoms with Crippen LogP contribution in [0.5, 0.6) is 0 Å². The molecule has 1 atom stereocenters. The molecule has 0 spiro atoms. The third-order valence-electron chi connectivity index (χ3n) is 9.27. The van der Waals surface area contributed by atoms with E-state index in [1.807, 2.05) is 93.0 Å². The SMILES string of the molecule is COC(=O)c1ccccc1Cn1cc(C(C)(C)n2cc(C(C)(C)n3cc(C(C)(C)n4cc(C(C)(N=[N+]=[N-])C(C)C)nn4)nn3)nn2)nn1. The van der Waals surface area contributed by atoms with Gasteiger partial charge in [0.25, 0.3) is 0 Å². The molecule has 0 amide bonds. The lowest BCUT2D eigenvalue weighted by Crippen LogP contribution is -2.31. The van der Waals surface area contributed by atoms with Gasteiger partial charge in [-0.3, -0.25) is 0 Å². The van der Waals surface area contributed by atoms with Crippen LogP contribution in [0.3, 0.4) is 0 Å². The Morgan fingerprint density at radius 2 is 1.23 bits per heavy atom. The van der Waals surface area contributed by atoms with Gasteiger partial charge in [0.05, 0.1) is 55.2 Å². The van der Waals surface area contributed by atoms with Crippen molar-refractivity contribution in [1.29, 1.82) is 0 Å². The third kappa shape index (κ3) is 5.92. The van der Waals surface area contributed by atoms with Crippen molar-refractivity contribution in [2.24, 2.45) is 11.0 Å². The number of benzene rings is 1. The predicted molar refractivity (Wildman–Crippen MR) is 174 cm³/mol. The summed E-state index contributed by atoms with van der Waals surface area (Å²) in [7, 11) is 1.36. The van der Waals surface area contributed by atoms with Gasteiger partial charge in [-0.15, -0.1) is 20.4 Å². The largest absolute Gasteiger partial charge is 0.465 e. The van der Waals surface area contributed by atoms with E-state index in [1.54, 1.807) is 37.1 Å². The van der Waals surface area contributed by atoms with Gasteiger partial charge in [0.15, 0.2) is 0 Å². The van der Waals surface area contributed by atoms with Crippen LogP contribution in [0.1, 0.15) is 101 Å². The van der Waals surface area contributed by atoms with Gasteiger partial charge in [0.2, 0.25) is 0 Å². The average molecular weight is 656 g/mol. The molecule has 5 rings (SSSR count). The summed E-state index contributed by atoms with van der Waals surface area (Å²) in [6, 6.07) is 7.24. The molecule has 0 saturated carbocycles. The number of hydrogen-bond acceptors (Lipinski definition) is 11. The molecule has 5 aromatic rings. The Balaban J connectivity index is 1.36. The summed E-state index contributed by atoms with van der Waals surface area (Å²) in [4.78, 5) is 15.3. The van der Waals surface area contributed by atoms with E-state index in [0.717, 1.165) is 5.56 Å². The highest BCUT2D eigenvalue weighted by Crippen LogP contribution is 2.34. The van der Waals surface area contributed by atoms with Gasteiger partial charge in [-0.25, -0.2) is 23.5 Å². The summed E-state index contributed by atoms with van der Waals surface area (Å²) in [6.07, 6.45) is 7.35. The van der Waals surface area contributed by atoms with Crippen LogP contribution >= 0.6 is 0 Å². The summed E-state index contributed by atoms with van der Waals surface area (Å²) in [5, 5.41) is 39.4. The lowest BCUT2D eigenvalue weighted by molar-refractivity contribution is 0.0599. The van der Waals surface area contributed by atoms with Gasteiger partial charge >= 0.3 is 5.97 Å². The van der Waals surface area contributed by atoms with E-state index in [0.29, 0.717) is 34.9 Å². The first-order valence-corrected chi connectivity index (χ1v) is 15.5. The first-order valence-electron chi connectivity index (χ1n) is 15.5. The normalized spacial score (nSPS) is 13.7. The molecule has 4 aromatic heterocycles. The van der Waals surface area contributed by atoms with E-state index in [9.17, 15) is 4.79 Å². The molecule has 17 nitrogen and oxygen atoms in total. The number of azide groups is 1. The Hall–Kier alpha value is -5.44. The maximum absolute atomic E-state index is 12.2. The molecule has 0 bridgehead atoms. The van der Waals surface area contributed by atoms with Crippen molar-refractivity contribution in [3.63, 3.8) is 0 Å². The standard InChI is InChI=1S/C31H41N15O2/c1-20(2)31(9,37-38-32)26-19-46(42-36-26)30(7,8)25-18-45(41-35-25)29(5,6)24-17-44(40-34-24)28(3,4)23-16-43(39-33-23)15-21-13-11-12-14-22(21)27(47)48-10/h11-14,16-20H,15H2,1-10H3. The zero-order chi connectivity index (χ0) is 35.1. The van der Waals surface area contributed by atoms with Crippen molar-refractivity contribution in [3.8, 4) is 0 Å². The third-order valence-corrected chi connectivity index (χ3v) is 9.27. The summed E-state index contributed by atoms with van der Waals surface area (Å²) >= 11 is 0. The molecule has 1 unspecified atom stereocenters. The van der Waals surface area contributed by atoms with Gasteiger partial charge in [-0.05, 0) is 71.5 Å². The van der Waals surface area contributed by atoms with Crippen molar-refractivity contribution in [3.05, 3.63) is 93.4 Å². The zero-order valence-corrected chi connectivity index (χ0v) is 28.9. The molecule has 0 fully saturated rings. The van der Waals surface area contributed by atoms with Gasteiger partial charge in [-0.1, -0.05) is 58.0 Å². The summed E-state index contributed by atoms with van der Waals surface area (Å²) < 4.78 is 11.8. The van der Waals surface area contributed by atoms with Crippen LogP contribution in [-0.2, 0) is 33.4 Å². The molecule has 4 heterocycles. The molecular formula is C31H41N15O2. The number of carbonyl (C=O) groups excluding carboxylic acids is 1. The fraction of sp³-hybridized carbons (Fsp3) is 0.516. The van der Waals surface area contributed by atoms with E-state index >= 15 is 0 Å². The molecule has 48 heavy (non-hydrogen) atoms. The molecule has 0 aliphatic rings. The molecule has 0 saturated heterocycles. The first kappa shape index (κ1) is 33.9. The number of rotatable bonds is 12. The fourth-order valence-corrected chi connectivity index (χ4v) is 5.11. The number of methoxy groups -OCH3 is 1. The minimum absolute atomic E-state index is 0.00391. The van der Waals surface area contributed by atoms with Crippen LogP contribution in [-0.4, -0.2) is 73.1 Å². The molecule has 252 valence electrons. The second-order valence-electron chi connectivity index (χ2n) is 13.8. The molecule has 1 aromatic carbocycles. The van der Waals surface area contributed by atoms with Crippen LogP contribution in [0.2, 0.25) is 0 Å². The smallest absolute Gasteiger partial charge is 0.338 e. The number of ether oxygens (including phenoxy) is 1. The number of aromatic nitrogens is 12. The molecular weight excluding hydrogens is 614 g/mol. The number of hydrogen-bond donors (Lipinski definition) is 0.